The summed E-state index contributed by atoms with van der Waals surface area (Å²) in [6.45, 7) is -1.21. The Morgan fingerprint density at radius 2 is 1.47 bits per heavy atom. The number of amides is 1. The molecule has 2 N–H and O–H groups in total. The van der Waals surface area contributed by atoms with Crippen LogP contribution in [0.25, 0.3) is 0 Å². The molecule has 0 unspecified atom stereocenters. The molecule has 0 saturated carbocycles. The minimum absolute atomic E-state index is 0.0284. The van der Waals surface area contributed by atoms with Crippen molar-refractivity contribution in [3.05, 3.63) is 101 Å². The van der Waals surface area contributed by atoms with Crippen LogP contribution in [0.15, 0.2) is 83.8 Å². The highest BCUT2D eigenvalue weighted by atomic mass is 32.2. The normalized spacial score (nSPS) is 11.9. The number of hydrogen-bond donors (Lipinski definition) is 2. The van der Waals surface area contributed by atoms with E-state index in [0.717, 1.165) is 11.1 Å². The van der Waals surface area contributed by atoms with Gasteiger partial charge in [0, 0.05) is 18.7 Å². The van der Waals surface area contributed by atoms with Crippen molar-refractivity contribution < 1.29 is 31.1 Å². The van der Waals surface area contributed by atoms with E-state index in [1.807, 2.05) is 18.2 Å². The van der Waals surface area contributed by atoms with E-state index < -0.39 is 28.7 Å². The van der Waals surface area contributed by atoms with Crippen LogP contribution in [0.3, 0.4) is 0 Å². The van der Waals surface area contributed by atoms with Gasteiger partial charge in [-0.05, 0) is 34.9 Å². The Hall–Kier alpha value is -3.21. The van der Waals surface area contributed by atoms with Crippen LogP contribution < -0.4 is 10.0 Å². The second kappa shape index (κ2) is 11.3. The van der Waals surface area contributed by atoms with Gasteiger partial charge in [-0.2, -0.15) is 13.2 Å². The number of carbonyl (C=O) groups is 1. The maximum absolute atomic E-state index is 12.6. The highest BCUT2D eigenvalue weighted by molar-refractivity contribution is 7.89. The van der Waals surface area contributed by atoms with Crippen LogP contribution in [0, 0.1) is 0 Å². The molecular weight excluding hydrogens is 469 g/mol. The summed E-state index contributed by atoms with van der Waals surface area (Å²) in [5.74, 6) is -0.460. The van der Waals surface area contributed by atoms with Crippen LogP contribution in [-0.4, -0.2) is 27.1 Å². The minimum Gasteiger partial charge on any atom is -0.367 e. The predicted octanol–water partition coefficient (Wildman–Crippen LogP) is 4.17. The van der Waals surface area contributed by atoms with Crippen LogP contribution in [0.5, 0.6) is 0 Å². The smallest absolute Gasteiger partial charge is 0.367 e. The quantitative estimate of drug-likeness (QED) is 0.445. The van der Waals surface area contributed by atoms with Crippen molar-refractivity contribution in [2.75, 3.05) is 6.61 Å². The number of ether oxygens (including phenoxy) is 1. The lowest BCUT2D eigenvalue weighted by atomic mass is 10.1. The number of sulfonamides is 1. The van der Waals surface area contributed by atoms with Gasteiger partial charge in [-0.25, -0.2) is 13.1 Å². The molecule has 0 radical (unpaired) electrons. The molecule has 0 heterocycles. The molecule has 0 atom stereocenters. The molecule has 34 heavy (non-hydrogen) atoms. The van der Waals surface area contributed by atoms with E-state index in [1.54, 1.807) is 36.4 Å². The summed E-state index contributed by atoms with van der Waals surface area (Å²) >= 11 is 0. The van der Waals surface area contributed by atoms with Crippen molar-refractivity contribution >= 4 is 15.9 Å². The Morgan fingerprint density at radius 3 is 2.15 bits per heavy atom. The third-order valence-electron chi connectivity index (χ3n) is 4.73. The first kappa shape index (κ1) is 25.4. The topological polar surface area (TPSA) is 84.5 Å². The van der Waals surface area contributed by atoms with Gasteiger partial charge in [-0.3, -0.25) is 4.79 Å². The fraction of sp³-hybridized carbons (Fsp3) is 0.208. The Bertz CT molecular complexity index is 1200. The summed E-state index contributed by atoms with van der Waals surface area (Å²) in [6, 6.07) is 21.3. The van der Waals surface area contributed by atoms with Gasteiger partial charge in [-0.15, -0.1) is 0 Å². The number of rotatable bonds is 10. The molecule has 3 rings (SSSR count). The van der Waals surface area contributed by atoms with Gasteiger partial charge < -0.3 is 10.1 Å². The Kier molecular flexibility index (Phi) is 8.43. The molecule has 0 aliphatic heterocycles. The first-order valence-corrected chi connectivity index (χ1v) is 11.7. The fourth-order valence-electron chi connectivity index (χ4n) is 2.98. The minimum atomic E-state index is -4.38. The van der Waals surface area contributed by atoms with Crippen molar-refractivity contribution in [2.24, 2.45) is 0 Å². The second-order valence-electron chi connectivity index (χ2n) is 7.45. The molecule has 10 heteroatoms. The molecule has 0 aromatic heterocycles. The molecular formula is C24H23F3N2O4S. The van der Waals surface area contributed by atoms with Gasteiger partial charge in [0.05, 0.1) is 11.5 Å². The zero-order chi connectivity index (χ0) is 24.6. The van der Waals surface area contributed by atoms with Crippen molar-refractivity contribution in [3.63, 3.8) is 0 Å². The Morgan fingerprint density at radius 1 is 0.824 bits per heavy atom. The van der Waals surface area contributed by atoms with E-state index >= 15 is 0 Å². The molecule has 0 saturated heterocycles. The van der Waals surface area contributed by atoms with Gasteiger partial charge in [0.25, 0.3) is 5.91 Å². The zero-order valence-electron chi connectivity index (χ0n) is 18.0. The van der Waals surface area contributed by atoms with Crippen LogP contribution >= 0.6 is 0 Å². The molecule has 3 aromatic rings. The van der Waals surface area contributed by atoms with Crippen molar-refractivity contribution in [3.8, 4) is 0 Å². The van der Waals surface area contributed by atoms with Gasteiger partial charge >= 0.3 is 6.18 Å². The summed E-state index contributed by atoms with van der Waals surface area (Å²) in [4.78, 5) is 12.5. The third kappa shape index (κ3) is 7.98. The molecule has 0 spiro atoms. The van der Waals surface area contributed by atoms with E-state index in [9.17, 15) is 26.4 Å². The Labute approximate surface area is 195 Å². The fourth-order valence-corrected chi connectivity index (χ4v) is 4.05. The summed E-state index contributed by atoms with van der Waals surface area (Å²) in [7, 11) is -3.82. The lowest BCUT2D eigenvalue weighted by Crippen LogP contribution is -2.25. The largest absolute Gasteiger partial charge is 0.411 e. The Balaban J connectivity index is 1.54. The van der Waals surface area contributed by atoms with Gasteiger partial charge in [-0.1, -0.05) is 60.7 Å². The first-order chi connectivity index (χ1) is 16.1. The lowest BCUT2D eigenvalue weighted by molar-refractivity contribution is -0.176. The molecule has 0 aliphatic rings. The average Bonchev–Trinajstić information content (AvgIpc) is 2.82. The maximum Gasteiger partial charge on any atom is 0.411 e. The van der Waals surface area contributed by atoms with Crippen molar-refractivity contribution in [1.82, 2.24) is 10.0 Å². The molecule has 180 valence electrons. The monoisotopic (exact) mass is 492 g/mol. The van der Waals surface area contributed by atoms with Crippen LogP contribution in [0.4, 0.5) is 13.2 Å². The van der Waals surface area contributed by atoms with Crippen LogP contribution in [0.2, 0.25) is 0 Å². The number of benzene rings is 3. The van der Waals surface area contributed by atoms with E-state index in [2.05, 4.69) is 14.8 Å². The van der Waals surface area contributed by atoms with Crippen molar-refractivity contribution in [2.45, 2.75) is 30.8 Å². The number of alkyl halides is 3. The predicted molar refractivity (Wildman–Crippen MR) is 120 cm³/mol. The average molecular weight is 493 g/mol. The van der Waals surface area contributed by atoms with Gasteiger partial charge in [0.2, 0.25) is 10.0 Å². The van der Waals surface area contributed by atoms with Crippen molar-refractivity contribution in [1.29, 1.82) is 0 Å². The van der Waals surface area contributed by atoms with Gasteiger partial charge in [0.15, 0.2) is 0 Å². The summed E-state index contributed by atoms with van der Waals surface area (Å²) in [5.41, 5.74) is 2.28. The second-order valence-corrected chi connectivity index (χ2v) is 9.21. The molecule has 0 aliphatic carbocycles. The molecule has 0 bridgehead atoms. The summed E-state index contributed by atoms with van der Waals surface area (Å²) in [5, 5.41) is 2.70. The third-order valence-corrected chi connectivity index (χ3v) is 6.13. The number of hydrogen-bond acceptors (Lipinski definition) is 4. The van der Waals surface area contributed by atoms with E-state index in [-0.39, 0.29) is 30.2 Å². The summed E-state index contributed by atoms with van der Waals surface area (Å²) < 4.78 is 68.7. The van der Waals surface area contributed by atoms with E-state index in [0.29, 0.717) is 5.56 Å². The van der Waals surface area contributed by atoms with E-state index in [1.165, 1.54) is 24.3 Å². The lowest BCUT2D eigenvalue weighted by Gasteiger charge is -2.10. The molecule has 3 aromatic carbocycles. The molecule has 0 fully saturated rings. The SMILES string of the molecule is O=C(NCc1ccc(COCC(F)(F)F)cc1)c1cccc(S(=O)(=O)NCc2ccccc2)c1. The number of halogens is 3. The first-order valence-electron chi connectivity index (χ1n) is 10.3. The standard InChI is InChI=1S/C24H23F3N2O4S/c25-24(26,27)17-33-16-20-11-9-19(10-12-20)14-28-23(30)21-7-4-8-22(13-21)34(31,32)29-15-18-5-2-1-3-6-18/h1-13,29H,14-17H2,(H,28,30). The number of carbonyl (C=O) groups excluding carboxylic acids is 1. The van der Waals surface area contributed by atoms with Crippen LogP contribution in [0.1, 0.15) is 27.0 Å². The molecule has 6 nitrogen and oxygen atoms in total. The van der Waals surface area contributed by atoms with Gasteiger partial charge in [0.1, 0.15) is 6.61 Å². The zero-order valence-corrected chi connectivity index (χ0v) is 18.8. The number of nitrogens with one attached hydrogen (secondary N) is 2. The molecule has 1 amide bonds. The van der Waals surface area contributed by atoms with E-state index in [4.69, 9.17) is 0 Å². The summed E-state index contributed by atoms with van der Waals surface area (Å²) in [6.07, 6.45) is -4.38. The van der Waals surface area contributed by atoms with Crippen LogP contribution in [-0.2, 0) is 34.5 Å². The highest BCUT2D eigenvalue weighted by Gasteiger charge is 2.27. The highest BCUT2D eigenvalue weighted by Crippen LogP contribution is 2.16. The maximum atomic E-state index is 12.6.